The molecule has 6 heteroatoms. The quantitative estimate of drug-likeness (QED) is 0.223. The molecule has 2 unspecified atom stereocenters. The zero-order chi connectivity index (χ0) is 25.7. The molecule has 0 amide bonds. The van der Waals surface area contributed by atoms with Gasteiger partial charge in [-0.15, -0.1) is 11.3 Å². The normalized spacial score (nSPS) is 13.6. The second kappa shape index (κ2) is 11.4. The van der Waals surface area contributed by atoms with Gasteiger partial charge in [0.05, 0.1) is 18.8 Å². The molecule has 3 N–H and O–H groups in total. The third kappa shape index (κ3) is 6.59. The van der Waals surface area contributed by atoms with Gasteiger partial charge in [0.25, 0.3) is 0 Å². The zero-order valence-corrected chi connectivity index (χ0v) is 21.7. The van der Waals surface area contributed by atoms with E-state index in [9.17, 15) is 15.0 Å². The number of nitrogens with one attached hydrogen (secondary N) is 1. The number of carboxylic acid groups (broad SMARTS) is 1. The van der Waals surface area contributed by atoms with Crippen molar-refractivity contribution in [3.63, 3.8) is 0 Å². The van der Waals surface area contributed by atoms with Crippen molar-refractivity contribution in [3.05, 3.63) is 94.9 Å². The van der Waals surface area contributed by atoms with Crippen molar-refractivity contribution in [1.82, 2.24) is 5.32 Å². The molecule has 1 heterocycles. The highest BCUT2D eigenvalue weighted by Gasteiger charge is 2.21. The molecule has 1 aromatic heterocycles. The van der Waals surface area contributed by atoms with Crippen molar-refractivity contribution in [3.8, 4) is 10.4 Å². The number of β-amino-alcohol motifs (C(OH)–C–C–N with tert-alkyl or cyclic N) is 1. The number of hydrogen-bond acceptors (Lipinski definition) is 5. The average Bonchev–Trinajstić information content (AvgIpc) is 3.36. The Bertz CT molecular complexity index is 1330. The zero-order valence-electron chi connectivity index (χ0n) is 20.9. The van der Waals surface area contributed by atoms with Gasteiger partial charge in [-0.25, -0.2) is 4.79 Å². The van der Waals surface area contributed by atoms with Gasteiger partial charge in [0.2, 0.25) is 0 Å². The molecule has 4 rings (SSSR count). The van der Waals surface area contributed by atoms with E-state index < -0.39 is 12.1 Å². The number of aliphatic hydroxyl groups is 1. The fourth-order valence-electron chi connectivity index (χ4n) is 4.39. The fraction of sp³-hybridized carbons (Fsp3) is 0.300. The van der Waals surface area contributed by atoms with Crippen LogP contribution >= 0.6 is 11.3 Å². The van der Waals surface area contributed by atoms with Crippen LogP contribution < -0.4 is 5.32 Å². The Balaban J connectivity index is 1.31. The van der Waals surface area contributed by atoms with E-state index in [1.54, 1.807) is 6.07 Å². The van der Waals surface area contributed by atoms with Crippen LogP contribution in [0, 0.1) is 0 Å². The molecule has 0 spiro atoms. The predicted octanol–water partition coefficient (Wildman–Crippen LogP) is 6.32. The van der Waals surface area contributed by atoms with E-state index in [2.05, 4.69) is 55.6 Å². The topological polar surface area (TPSA) is 78.8 Å². The van der Waals surface area contributed by atoms with E-state index in [-0.39, 0.29) is 18.2 Å². The van der Waals surface area contributed by atoms with E-state index in [1.165, 1.54) is 27.7 Å². The van der Waals surface area contributed by atoms with Crippen molar-refractivity contribution in [1.29, 1.82) is 0 Å². The van der Waals surface area contributed by atoms with Gasteiger partial charge in [0.15, 0.2) is 0 Å². The Morgan fingerprint density at radius 1 is 1.00 bits per heavy atom. The number of carbonyl (C=O) groups is 1. The maximum atomic E-state index is 11.3. The molecule has 0 fully saturated rings. The summed E-state index contributed by atoms with van der Waals surface area (Å²) >= 11 is 1.25. The Kier molecular flexibility index (Phi) is 8.21. The monoisotopic (exact) mass is 503 g/mol. The smallest absolute Gasteiger partial charge is 0.345 e. The highest BCUT2D eigenvalue weighted by molar-refractivity contribution is 7.17. The first-order valence-electron chi connectivity index (χ1n) is 12.2. The van der Waals surface area contributed by atoms with Crippen molar-refractivity contribution >= 4 is 28.1 Å². The number of carboxylic acids is 1. The highest BCUT2D eigenvalue weighted by Crippen LogP contribution is 2.34. The summed E-state index contributed by atoms with van der Waals surface area (Å²) in [5, 5.41) is 25.8. The fourth-order valence-corrected chi connectivity index (χ4v) is 5.29. The number of fused-ring (bicyclic) bond motifs is 1. The number of aliphatic hydroxyl groups excluding tert-OH is 1. The first-order chi connectivity index (χ1) is 17.2. The van der Waals surface area contributed by atoms with E-state index in [1.807, 2.05) is 43.3 Å². The third-order valence-electron chi connectivity index (χ3n) is 6.30. The number of thiophene rings is 1. The van der Waals surface area contributed by atoms with Crippen LogP contribution in [0.25, 0.3) is 21.2 Å². The second-order valence-electron chi connectivity index (χ2n) is 9.81. The van der Waals surface area contributed by atoms with Gasteiger partial charge in [-0.05, 0) is 66.8 Å². The van der Waals surface area contributed by atoms with Crippen LogP contribution in [0.1, 0.15) is 47.7 Å². The predicted molar refractivity (Wildman–Crippen MR) is 147 cm³/mol. The maximum Gasteiger partial charge on any atom is 0.345 e. The molecule has 188 valence electrons. The number of benzene rings is 3. The van der Waals surface area contributed by atoms with Gasteiger partial charge in [-0.3, -0.25) is 0 Å². The molecule has 5 nitrogen and oxygen atoms in total. The van der Waals surface area contributed by atoms with E-state index in [0.29, 0.717) is 11.4 Å². The minimum Gasteiger partial charge on any atom is -0.477 e. The summed E-state index contributed by atoms with van der Waals surface area (Å²) in [6.45, 7) is 6.84. The largest absolute Gasteiger partial charge is 0.477 e. The van der Waals surface area contributed by atoms with E-state index >= 15 is 0 Å². The number of rotatable bonds is 11. The van der Waals surface area contributed by atoms with Crippen LogP contribution in [0.15, 0.2) is 78.9 Å². The van der Waals surface area contributed by atoms with Crippen LogP contribution in [0.3, 0.4) is 0 Å². The molecular weight excluding hydrogens is 470 g/mol. The molecule has 0 saturated heterocycles. The lowest BCUT2D eigenvalue weighted by Crippen LogP contribution is -2.46. The summed E-state index contributed by atoms with van der Waals surface area (Å²) in [5.41, 5.74) is 2.98. The van der Waals surface area contributed by atoms with Gasteiger partial charge < -0.3 is 20.3 Å². The molecule has 3 aromatic carbocycles. The summed E-state index contributed by atoms with van der Waals surface area (Å²) in [7, 11) is 0. The van der Waals surface area contributed by atoms with E-state index in [4.69, 9.17) is 4.74 Å². The van der Waals surface area contributed by atoms with Crippen molar-refractivity contribution in [2.75, 3.05) is 13.2 Å². The molecule has 0 aliphatic rings. The molecule has 0 saturated carbocycles. The SMILES string of the molecule is CC(OCC(O)CNC(C)(C)Cc1ccc2ccccc2c1)c1ccccc1-c1ccc(C(=O)O)s1. The summed E-state index contributed by atoms with van der Waals surface area (Å²) in [5.74, 6) is -0.924. The average molecular weight is 504 g/mol. The molecule has 0 aliphatic carbocycles. The Labute approximate surface area is 216 Å². The van der Waals surface area contributed by atoms with Crippen LogP contribution in [0.5, 0.6) is 0 Å². The molecule has 0 bridgehead atoms. The van der Waals surface area contributed by atoms with Crippen molar-refractivity contribution in [2.45, 2.75) is 44.9 Å². The van der Waals surface area contributed by atoms with Crippen LogP contribution in [-0.4, -0.2) is 41.0 Å². The molecule has 2 atom stereocenters. The summed E-state index contributed by atoms with van der Waals surface area (Å²) in [4.78, 5) is 12.5. The summed E-state index contributed by atoms with van der Waals surface area (Å²) in [6.07, 6.45) is -0.0680. The van der Waals surface area contributed by atoms with E-state index in [0.717, 1.165) is 22.4 Å². The molecule has 0 radical (unpaired) electrons. The van der Waals surface area contributed by atoms with Gasteiger partial charge in [0, 0.05) is 17.0 Å². The standard InChI is InChI=1S/C30H33NO4S/c1-20(25-10-6-7-11-26(25)27-14-15-28(36-27)29(33)34)35-19-24(32)18-31-30(2,3)17-21-12-13-22-8-4-5-9-23(22)16-21/h4-16,20,24,31-32H,17-19H2,1-3H3,(H,33,34). The first kappa shape index (κ1) is 26.0. The summed E-state index contributed by atoms with van der Waals surface area (Å²) < 4.78 is 6.04. The maximum absolute atomic E-state index is 11.3. The third-order valence-corrected chi connectivity index (χ3v) is 7.40. The van der Waals surface area contributed by atoms with Crippen LogP contribution in [0.2, 0.25) is 0 Å². The lowest BCUT2D eigenvalue weighted by Gasteiger charge is -2.28. The van der Waals surface area contributed by atoms with Crippen LogP contribution in [-0.2, 0) is 11.2 Å². The van der Waals surface area contributed by atoms with Gasteiger partial charge in [-0.1, -0.05) is 66.7 Å². The minimum atomic E-state index is -0.924. The lowest BCUT2D eigenvalue weighted by molar-refractivity contribution is -0.00396. The summed E-state index contributed by atoms with van der Waals surface area (Å²) in [6, 6.07) is 26.2. The molecule has 0 aliphatic heterocycles. The Morgan fingerprint density at radius 3 is 2.47 bits per heavy atom. The Hall–Kier alpha value is -3.03. The molecular formula is C30H33NO4S. The van der Waals surface area contributed by atoms with Crippen LogP contribution in [0.4, 0.5) is 0 Å². The minimum absolute atomic E-state index is 0.192. The van der Waals surface area contributed by atoms with Crippen molar-refractivity contribution < 1.29 is 19.7 Å². The second-order valence-corrected chi connectivity index (χ2v) is 10.9. The lowest BCUT2D eigenvalue weighted by atomic mass is 9.93. The number of aromatic carboxylic acids is 1. The van der Waals surface area contributed by atoms with Gasteiger partial charge >= 0.3 is 5.97 Å². The first-order valence-corrected chi connectivity index (χ1v) is 13.0. The molecule has 36 heavy (non-hydrogen) atoms. The highest BCUT2D eigenvalue weighted by atomic mass is 32.1. The number of hydrogen-bond donors (Lipinski definition) is 3. The Morgan fingerprint density at radius 2 is 1.72 bits per heavy atom. The van der Waals surface area contributed by atoms with Gasteiger partial charge in [0.1, 0.15) is 4.88 Å². The number of ether oxygens (including phenoxy) is 1. The van der Waals surface area contributed by atoms with Crippen molar-refractivity contribution in [2.24, 2.45) is 0 Å². The van der Waals surface area contributed by atoms with Gasteiger partial charge in [-0.2, -0.15) is 0 Å². The molecule has 4 aromatic rings.